The maximum atomic E-state index is 11.5. The highest BCUT2D eigenvalue weighted by Gasteiger charge is 2.22. The number of hydrogen-bond acceptors (Lipinski definition) is 2. The van der Waals surface area contributed by atoms with Gasteiger partial charge in [-0.1, -0.05) is 26.2 Å². The summed E-state index contributed by atoms with van der Waals surface area (Å²) in [4.78, 5) is 15.8. The molecule has 5 nitrogen and oxygen atoms in total. The number of rotatable bonds is 10. The molecule has 1 fully saturated rings. The molecule has 0 aromatic rings. The summed E-state index contributed by atoms with van der Waals surface area (Å²) in [6.07, 6.45) is 8.68. The molecule has 0 spiro atoms. The number of carbonyl (C=O) groups is 1. The van der Waals surface area contributed by atoms with Crippen LogP contribution in [0.4, 0.5) is 0 Å². The van der Waals surface area contributed by atoms with Gasteiger partial charge in [0.15, 0.2) is 5.96 Å². The number of hydrogen-bond donors (Lipinski definition) is 3. The van der Waals surface area contributed by atoms with Crippen LogP contribution >= 0.6 is 24.0 Å². The highest BCUT2D eigenvalue weighted by Crippen LogP contribution is 2.18. The third kappa shape index (κ3) is 11.1. The first-order valence-electron chi connectivity index (χ1n) is 8.42. The number of carbonyl (C=O) groups excluding carboxylic acids is 1. The molecule has 6 heteroatoms. The number of guanidine groups is 1. The van der Waals surface area contributed by atoms with E-state index in [9.17, 15) is 4.79 Å². The fraction of sp³-hybridized carbons (Fsp3) is 0.875. The minimum absolute atomic E-state index is 0. The first-order chi connectivity index (χ1) is 10.2. The topological polar surface area (TPSA) is 65.5 Å². The standard InChI is InChI=1S/C16H32N4O.HI/c1-4-5-6-8-13(2)19-16(17-3)18-12-7-9-15(21)20-14-10-11-14;/h13-14H,4-12H2,1-3H3,(H,20,21)(H2,17,18,19);1H. The molecule has 0 aromatic carbocycles. The van der Waals surface area contributed by atoms with Crippen LogP contribution in [0.5, 0.6) is 0 Å². The molecule has 1 unspecified atom stereocenters. The summed E-state index contributed by atoms with van der Waals surface area (Å²) in [5.41, 5.74) is 0. The maximum Gasteiger partial charge on any atom is 0.220 e. The molecule has 3 N–H and O–H groups in total. The van der Waals surface area contributed by atoms with Crippen molar-refractivity contribution in [1.29, 1.82) is 0 Å². The monoisotopic (exact) mass is 424 g/mol. The Balaban J connectivity index is 0.00000441. The molecule has 1 amide bonds. The summed E-state index contributed by atoms with van der Waals surface area (Å²) in [5, 5.41) is 9.67. The van der Waals surface area contributed by atoms with Gasteiger partial charge in [-0.3, -0.25) is 9.79 Å². The van der Waals surface area contributed by atoms with Crippen molar-refractivity contribution in [2.75, 3.05) is 13.6 Å². The van der Waals surface area contributed by atoms with Crippen LogP contribution in [0, 0.1) is 0 Å². The predicted molar refractivity (Wildman–Crippen MR) is 104 cm³/mol. The summed E-state index contributed by atoms with van der Waals surface area (Å²) in [5.74, 6) is 1.01. The van der Waals surface area contributed by atoms with Gasteiger partial charge in [-0.25, -0.2) is 0 Å². The van der Waals surface area contributed by atoms with Gasteiger partial charge in [0.25, 0.3) is 0 Å². The van der Waals surface area contributed by atoms with Gasteiger partial charge in [-0.05, 0) is 32.6 Å². The Hall–Kier alpha value is -0.530. The first-order valence-corrected chi connectivity index (χ1v) is 8.42. The van der Waals surface area contributed by atoms with Crippen LogP contribution in [-0.4, -0.2) is 37.5 Å². The Labute approximate surface area is 152 Å². The van der Waals surface area contributed by atoms with E-state index < -0.39 is 0 Å². The van der Waals surface area contributed by atoms with Gasteiger partial charge in [0.2, 0.25) is 5.91 Å². The molecule has 1 rings (SSSR count). The van der Waals surface area contributed by atoms with E-state index in [2.05, 4.69) is 34.8 Å². The van der Waals surface area contributed by atoms with Crippen LogP contribution in [0.25, 0.3) is 0 Å². The number of nitrogens with zero attached hydrogens (tertiary/aromatic N) is 1. The van der Waals surface area contributed by atoms with E-state index >= 15 is 0 Å². The fourth-order valence-electron chi connectivity index (χ4n) is 2.18. The SMILES string of the molecule is CCCCCC(C)NC(=NC)NCCCC(=O)NC1CC1.I. The summed E-state index contributed by atoms with van der Waals surface area (Å²) < 4.78 is 0. The molecule has 22 heavy (non-hydrogen) atoms. The average molecular weight is 424 g/mol. The molecule has 1 aliphatic rings. The molecule has 0 aliphatic heterocycles. The van der Waals surface area contributed by atoms with Crippen LogP contribution < -0.4 is 16.0 Å². The predicted octanol–water partition coefficient (Wildman–Crippen LogP) is 2.80. The molecule has 0 bridgehead atoms. The second-order valence-corrected chi connectivity index (χ2v) is 5.99. The van der Waals surface area contributed by atoms with E-state index in [1.165, 1.54) is 25.7 Å². The van der Waals surface area contributed by atoms with E-state index in [-0.39, 0.29) is 29.9 Å². The summed E-state index contributed by atoms with van der Waals surface area (Å²) >= 11 is 0. The molecule has 0 heterocycles. The Morgan fingerprint density at radius 3 is 2.59 bits per heavy atom. The normalized spacial score (nSPS) is 15.7. The highest BCUT2D eigenvalue weighted by atomic mass is 127. The van der Waals surface area contributed by atoms with Crippen LogP contribution in [0.15, 0.2) is 4.99 Å². The van der Waals surface area contributed by atoms with Crippen LogP contribution in [0.1, 0.15) is 65.2 Å². The van der Waals surface area contributed by atoms with Crippen LogP contribution in [0.2, 0.25) is 0 Å². The molecule has 1 atom stereocenters. The lowest BCUT2D eigenvalue weighted by Gasteiger charge is -2.17. The number of aliphatic imine (C=N–C) groups is 1. The summed E-state index contributed by atoms with van der Waals surface area (Å²) in [6.45, 7) is 5.18. The number of halogens is 1. The Bertz CT molecular complexity index is 332. The molecular formula is C16H33IN4O. The molecule has 0 aromatic heterocycles. The number of nitrogens with one attached hydrogen (secondary N) is 3. The minimum atomic E-state index is 0. The summed E-state index contributed by atoms with van der Waals surface area (Å²) in [7, 11) is 1.79. The molecular weight excluding hydrogens is 391 g/mol. The van der Waals surface area contributed by atoms with Crippen molar-refractivity contribution < 1.29 is 4.79 Å². The highest BCUT2D eigenvalue weighted by molar-refractivity contribution is 14.0. The zero-order valence-electron chi connectivity index (χ0n) is 14.3. The third-order valence-corrected chi connectivity index (χ3v) is 3.66. The van der Waals surface area contributed by atoms with E-state index in [0.29, 0.717) is 18.5 Å². The lowest BCUT2D eigenvalue weighted by atomic mass is 10.1. The average Bonchev–Trinajstić information content (AvgIpc) is 3.26. The zero-order chi connectivity index (χ0) is 15.5. The first kappa shape index (κ1) is 21.5. The van der Waals surface area contributed by atoms with Crippen molar-refractivity contribution in [1.82, 2.24) is 16.0 Å². The van der Waals surface area contributed by atoms with Gasteiger partial charge in [-0.15, -0.1) is 24.0 Å². The second-order valence-electron chi connectivity index (χ2n) is 5.99. The van der Waals surface area contributed by atoms with Gasteiger partial charge in [0, 0.05) is 32.1 Å². The summed E-state index contributed by atoms with van der Waals surface area (Å²) in [6, 6.07) is 0.893. The van der Waals surface area contributed by atoms with Crippen molar-refractivity contribution in [3.63, 3.8) is 0 Å². The van der Waals surface area contributed by atoms with Gasteiger partial charge in [0.1, 0.15) is 0 Å². The smallest absolute Gasteiger partial charge is 0.220 e. The number of amides is 1. The number of unbranched alkanes of at least 4 members (excludes halogenated alkanes) is 2. The van der Waals surface area contributed by atoms with Gasteiger partial charge in [0.05, 0.1) is 0 Å². The van der Waals surface area contributed by atoms with Crippen molar-refractivity contribution in [2.45, 2.75) is 77.3 Å². The van der Waals surface area contributed by atoms with E-state index in [4.69, 9.17) is 0 Å². The maximum absolute atomic E-state index is 11.5. The van der Waals surface area contributed by atoms with Gasteiger partial charge in [-0.2, -0.15) is 0 Å². The van der Waals surface area contributed by atoms with E-state index in [1.54, 1.807) is 7.05 Å². The Morgan fingerprint density at radius 2 is 2.00 bits per heavy atom. The Morgan fingerprint density at radius 1 is 1.27 bits per heavy atom. The van der Waals surface area contributed by atoms with Crippen molar-refractivity contribution in [3.05, 3.63) is 0 Å². The molecule has 130 valence electrons. The van der Waals surface area contributed by atoms with Crippen LogP contribution in [-0.2, 0) is 4.79 Å². The van der Waals surface area contributed by atoms with E-state index in [1.807, 2.05) is 0 Å². The molecule has 1 saturated carbocycles. The third-order valence-electron chi connectivity index (χ3n) is 3.66. The lowest BCUT2D eigenvalue weighted by Crippen LogP contribution is -2.42. The molecule has 0 saturated heterocycles. The van der Waals surface area contributed by atoms with E-state index in [0.717, 1.165) is 31.8 Å². The second kappa shape index (κ2) is 13.0. The van der Waals surface area contributed by atoms with Gasteiger partial charge >= 0.3 is 0 Å². The molecule has 0 radical (unpaired) electrons. The van der Waals surface area contributed by atoms with Crippen LogP contribution in [0.3, 0.4) is 0 Å². The molecule has 1 aliphatic carbocycles. The lowest BCUT2D eigenvalue weighted by molar-refractivity contribution is -0.121. The minimum Gasteiger partial charge on any atom is -0.356 e. The van der Waals surface area contributed by atoms with Crippen molar-refractivity contribution in [2.24, 2.45) is 4.99 Å². The fourth-order valence-corrected chi connectivity index (χ4v) is 2.18. The van der Waals surface area contributed by atoms with Crippen molar-refractivity contribution in [3.8, 4) is 0 Å². The largest absolute Gasteiger partial charge is 0.356 e. The Kier molecular flexibility index (Phi) is 12.6. The zero-order valence-corrected chi connectivity index (χ0v) is 16.6. The van der Waals surface area contributed by atoms with Gasteiger partial charge < -0.3 is 16.0 Å². The quantitative estimate of drug-likeness (QED) is 0.219. The van der Waals surface area contributed by atoms with Crippen molar-refractivity contribution >= 4 is 35.8 Å².